The predicted octanol–water partition coefficient (Wildman–Crippen LogP) is 8.55. The molecule has 44 heavy (non-hydrogen) atoms. The van der Waals surface area contributed by atoms with E-state index in [0.29, 0.717) is 25.2 Å². The Labute approximate surface area is 264 Å². The minimum Gasteiger partial charge on any atom is -0.496 e. The first-order valence-corrected chi connectivity index (χ1v) is 15.2. The SMILES string of the molecule is CCCCCCOc1cc(-c2cc(OC)c(C)cc2OC)c(OC)cc1C#CCCCC#Cc1cc(OC)c(C)cc1OC. The first kappa shape index (κ1) is 34.1. The summed E-state index contributed by atoms with van der Waals surface area (Å²) in [6.45, 7) is 6.81. The van der Waals surface area contributed by atoms with Gasteiger partial charge in [-0.15, -0.1) is 0 Å². The molecular formula is C38H46O6. The molecule has 0 radical (unpaired) electrons. The van der Waals surface area contributed by atoms with Crippen LogP contribution >= 0.6 is 0 Å². The van der Waals surface area contributed by atoms with E-state index in [4.69, 9.17) is 28.4 Å². The van der Waals surface area contributed by atoms with Crippen LogP contribution in [-0.2, 0) is 0 Å². The maximum Gasteiger partial charge on any atom is 0.135 e. The zero-order valence-corrected chi connectivity index (χ0v) is 27.6. The Hall–Kier alpha value is -4.42. The number of unbranched alkanes of at least 4 members (excludes halogenated alkanes) is 5. The molecule has 0 aliphatic rings. The van der Waals surface area contributed by atoms with E-state index in [0.717, 1.165) is 81.4 Å². The van der Waals surface area contributed by atoms with Crippen molar-refractivity contribution in [1.29, 1.82) is 0 Å². The molecule has 0 saturated heterocycles. The fourth-order valence-corrected chi connectivity index (χ4v) is 4.86. The van der Waals surface area contributed by atoms with Crippen LogP contribution in [0.25, 0.3) is 11.1 Å². The lowest BCUT2D eigenvalue weighted by Crippen LogP contribution is -2.01. The van der Waals surface area contributed by atoms with E-state index >= 15 is 0 Å². The fraction of sp³-hybridized carbons (Fsp3) is 0.421. The van der Waals surface area contributed by atoms with Crippen LogP contribution < -0.4 is 28.4 Å². The van der Waals surface area contributed by atoms with Crippen molar-refractivity contribution in [2.45, 2.75) is 65.7 Å². The maximum absolute atomic E-state index is 6.32. The summed E-state index contributed by atoms with van der Waals surface area (Å²) in [5.74, 6) is 17.6. The van der Waals surface area contributed by atoms with Crippen LogP contribution in [0.4, 0.5) is 0 Å². The van der Waals surface area contributed by atoms with Crippen LogP contribution in [0.1, 0.15) is 74.1 Å². The highest BCUT2D eigenvalue weighted by Crippen LogP contribution is 2.43. The highest BCUT2D eigenvalue weighted by atomic mass is 16.5. The van der Waals surface area contributed by atoms with Gasteiger partial charge in [0.1, 0.15) is 34.5 Å². The second kappa shape index (κ2) is 17.6. The smallest absolute Gasteiger partial charge is 0.135 e. The molecule has 0 saturated carbocycles. The van der Waals surface area contributed by atoms with Crippen LogP contribution in [0.15, 0.2) is 36.4 Å². The summed E-state index contributed by atoms with van der Waals surface area (Å²) < 4.78 is 34.5. The van der Waals surface area contributed by atoms with Gasteiger partial charge in [-0.05, 0) is 68.1 Å². The number of hydrogen-bond donors (Lipinski definition) is 0. The molecule has 0 amide bonds. The first-order chi connectivity index (χ1) is 21.4. The number of aryl methyl sites for hydroxylation is 2. The minimum absolute atomic E-state index is 0.623. The van der Waals surface area contributed by atoms with Gasteiger partial charge in [0.15, 0.2) is 0 Å². The molecule has 6 nitrogen and oxygen atoms in total. The Morgan fingerprint density at radius 1 is 0.500 bits per heavy atom. The van der Waals surface area contributed by atoms with Crippen LogP contribution in [0.5, 0.6) is 34.5 Å². The molecule has 0 unspecified atom stereocenters. The van der Waals surface area contributed by atoms with E-state index in [1.54, 1.807) is 35.5 Å². The van der Waals surface area contributed by atoms with Gasteiger partial charge in [0.25, 0.3) is 0 Å². The van der Waals surface area contributed by atoms with Gasteiger partial charge in [-0.2, -0.15) is 0 Å². The monoisotopic (exact) mass is 598 g/mol. The van der Waals surface area contributed by atoms with E-state index in [2.05, 4.69) is 30.6 Å². The Balaban J connectivity index is 1.84. The van der Waals surface area contributed by atoms with E-state index in [9.17, 15) is 0 Å². The summed E-state index contributed by atoms with van der Waals surface area (Å²) in [7, 11) is 8.31. The van der Waals surface area contributed by atoms with Crippen molar-refractivity contribution in [3.05, 3.63) is 58.7 Å². The minimum atomic E-state index is 0.623. The molecule has 0 spiro atoms. The summed E-state index contributed by atoms with van der Waals surface area (Å²) in [5, 5.41) is 0. The number of methoxy groups -OCH3 is 5. The molecule has 0 atom stereocenters. The molecule has 6 heteroatoms. The van der Waals surface area contributed by atoms with Crippen molar-refractivity contribution in [2.75, 3.05) is 42.2 Å². The van der Waals surface area contributed by atoms with Gasteiger partial charge in [0, 0.05) is 30.0 Å². The second-order valence-corrected chi connectivity index (χ2v) is 10.5. The highest BCUT2D eigenvalue weighted by molar-refractivity contribution is 5.80. The third kappa shape index (κ3) is 9.04. The molecule has 234 valence electrons. The molecule has 0 aliphatic carbocycles. The average Bonchev–Trinajstić information content (AvgIpc) is 3.04. The summed E-state index contributed by atoms with van der Waals surface area (Å²) in [6.07, 6.45) is 6.74. The van der Waals surface area contributed by atoms with Crippen molar-refractivity contribution < 1.29 is 28.4 Å². The van der Waals surface area contributed by atoms with E-state index in [1.165, 1.54) is 12.8 Å². The average molecular weight is 599 g/mol. The van der Waals surface area contributed by atoms with Crippen LogP contribution in [-0.4, -0.2) is 42.2 Å². The summed E-state index contributed by atoms with van der Waals surface area (Å²) in [4.78, 5) is 0. The molecule has 3 aromatic carbocycles. The Morgan fingerprint density at radius 2 is 0.977 bits per heavy atom. The van der Waals surface area contributed by atoms with Gasteiger partial charge in [-0.1, -0.05) is 49.9 Å². The second-order valence-electron chi connectivity index (χ2n) is 10.5. The molecule has 0 aromatic heterocycles. The Bertz CT molecular complexity index is 1520. The van der Waals surface area contributed by atoms with E-state index in [-0.39, 0.29) is 0 Å². The lowest BCUT2D eigenvalue weighted by atomic mass is 9.98. The number of rotatable bonds is 14. The lowest BCUT2D eigenvalue weighted by Gasteiger charge is -2.18. The van der Waals surface area contributed by atoms with Crippen LogP contribution in [0, 0.1) is 37.5 Å². The van der Waals surface area contributed by atoms with Gasteiger partial charge in [-0.3, -0.25) is 0 Å². The van der Waals surface area contributed by atoms with Crippen LogP contribution in [0.2, 0.25) is 0 Å². The molecular weight excluding hydrogens is 552 g/mol. The topological polar surface area (TPSA) is 55.4 Å². The largest absolute Gasteiger partial charge is 0.496 e. The van der Waals surface area contributed by atoms with Crippen molar-refractivity contribution in [3.8, 4) is 69.3 Å². The molecule has 0 bridgehead atoms. The quantitative estimate of drug-likeness (QED) is 0.137. The zero-order valence-electron chi connectivity index (χ0n) is 27.6. The summed E-state index contributed by atoms with van der Waals surface area (Å²) >= 11 is 0. The van der Waals surface area contributed by atoms with Crippen molar-refractivity contribution >= 4 is 0 Å². The van der Waals surface area contributed by atoms with Crippen molar-refractivity contribution in [3.63, 3.8) is 0 Å². The van der Waals surface area contributed by atoms with Gasteiger partial charge >= 0.3 is 0 Å². The first-order valence-electron chi connectivity index (χ1n) is 15.2. The molecule has 0 heterocycles. The van der Waals surface area contributed by atoms with E-state index in [1.807, 2.05) is 50.2 Å². The third-order valence-electron chi connectivity index (χ3n) is 7.33. The zero-order chi connectivity index (χ0) is 31.9. The number of hydrogen-bond acceptors (Lipinski definition) is 6. The molecule has 3 rings (SSSR count). The van der Waals surface area contributed by atoms with Crippen molar-refractivity contribution in [1.82, 2.24) is 0 Å². The maximum atomic E-state index is 6.32. The molecule has 3 aromatic rings. The molecule has 0 N–H and O–H groups in total. The Morgan fingerprint density at radius 3 is 1.55 bits per heavy atom. The van der Waals surface area contributed by atoms with Gasteiger partial charge in [-0.25, -0.2) is 0 Å². The third-order valence-corrected chi connectivity index (χ3v) is 7.33. The fourth-order valence-electron chi connectivity index (χ4n) is 4.86. The number of benzene rings is 3. The normalized spacial score (nSPS) is 10.2. The van der Waals surface area contributed by atoms with E-state index < -0.39 is 0 Å². The number of ether oxygens (including phenoxy) is 6. The molecule has 0 fully saturated rings. The predicted molar refractivity (Wildman–Crippen MR) is 178 cm³/mol. The standard InChI is InChI=1S/C38H46O6/c1-9-10-11-17-20-44-36-26-32(31-25-34(40-5)28(3)22-37(31)42-7)38(43-8)24-30(36)19-16-14-12-13-15-18-29-23-33(39-4)27(2)21-35(29)41-6/h21-26H,9-14,17,20H2,1-8H3. The molecule has 0 aliphatic heterocycles. The van der Waals surface area contributed by atoms with Crippen LogP contribution in [0.3, 0.4) is 0 Å². The van der Waals surface area contributed by atoms with Gasteiger partial charge < -0.3 is 28.4 Å². The van der Waals surface area contributed by atoms with Gasteiger partial charge in [0.2, 0.25) is 0 Å². The highest BCUT2D eigenvalue weighted by Gasteiger charge is 2.18. The Kier molecular flexibility index (Phi) is 13.7. The summed E-state index contributed by atoms with van der Waals surface area (Å²) in [5.41, 5.74) is 5.33. The summed E-state index contributed by atoms with van der Waals surface area (Å²) in [6, 6.07) is 11.8. The lowest BCUT2D eigenvalue weighted by molar-refractivity contribution is 0.304. The van der Waals surface area contributed by atoms with Gasteiger partial charge in [0.05, 0.1) is 53.3 Å². The van der Waals surface area contributed by atoms with Crippen molar-refractivity contribution in [2.24, 2.45) is 0 Å².